The van der Waals surface area contributed by atoms with Crippen molar-refractivity contribution in [2.45, 2.75) is 6.42 Å². The van der Waals surface area contributed by atoms with Crippen molar-refractivity contribution in [3.8, 4) is 5.75 Å². The zero-order valence-electron chi connectivity index (χ0n) is 12.8. The normalized spacial score (nSPS) is 10.5. The van der Waals surface area contributed by atoms with E-state index in [2.05, 4.69) is 23.2 Å². The molecule has 3 rings (SSSR count). The first-order chi connectivity index (χ1) is 11.6. The molecule has 0 aliphatic carbocycles. The molecule has 1 aromatic heterocycles. The van der Waals surface area contributed by atoms with E-state index in [1.807, 2.05) is 12.3 Å². The van der Waals surface area contributed by atoms with E-state index in [1.165, 1.54) is 12.1 Å². The Morgan fingerprint density at radius 1 is 1.00 bits per heavy atom. The Bertz CT molecular complexity index is 887. The molecule has 0 unspecified atom stereocenters. The number of carboxylic acids is 1. The van der Waals surface area contributed by atoms with Gasteiger partial charge in [-0.1, -0.05) is 12.1 Å². The number of aliphatic carboxylic acids is 1. The van der Waals surface area contributed by atoms with Crippen molar-refractivity contribution in [2.75, 3.05) is 6.61 Å². The Hall–Kier alpha value is -3.21. The Balaban J connectivity index is 1.59. The van der Waals surface area contributed by atoms with Crippen LogP contribution in [0.5, 0.6) is 5.75 Å². The summed E-state index contributed by atoms with van der Waals surface area (Å²) in [5.41, 5.74) is 1.28. The van der Waals surface area contributed by atoms with Crippen molar-refractivity contribution in [2.24, 2.45) is 0 Å². The van der Waals surface area contributed by atoms with Crippen molar-refractivity contribution >= 4 is 22.5 Å². The Morgan fingerprint density at radius 3 is 2.54 bits per heavy atom. The number of nitrogens with zero attached hydrogens (tertiary/aromatic N) is 1. The molecule has 1 N–H and O–H groups in total. The van der Waals surface area contributed by atoms with Crippen molar-refractivity contribution < 1.29 is 19.4 Å². The molecular formula is C19H15NO4. The maximum Gasteiger partial charge on any atom is 0.377 e. The fraction of sp³-hybridized carbons (Fsp3) is 0.105. The Labute approximate surface area is 138 Å². The summed E-state index contributed by atoms with van der Waals surface area (Å²) >= 11 is 0. The SMILES string of the molecule is O=C(O)C(=O)c1ccc(OCCc2ccc3ccncc3c2)cc1. The van der Waals surface area contributed by atoms with Crippen LogP contribution in [0, 0.1) is 0 Å². The van der Waals surface area contributed by atoms with Crippen LogP contribution in [0.3, 0.4) is 0 Å². The molecule has 0 saturated carbocycles. The molecule has 3 aromatic rings. The van der Waals surface area contributed by atoms with Gasteiger partial charge in [0.25, 0.3) is 5.78 Å². The highest BCUT2D eigenvalue weighted by Gasteiger charge is 2.13. The van der Waals surface area contributed by atoms with E-state index < -0.39 is 11.8 Å². The molecule has 0 atom stereocenters. The first-order valence-corrected chi connectivity index (χ1v) is 7.46. The van der Waals surface area contributed by atoms with Crippen molar-refractivity contribution in [1.82, 2.24) is 4.98 Å². The van der Waals surface area contributed by atoms with Gasteiger partial charge in [-0.05, 0) is 47.3 Å². The first kappa shape index (κ1) is 15.7. The fourth-order valence-electron chi connectivity index (χ4n) is 2.40. The molecule has 0 radical (unpaired) electrons. The van der Waals surface area contributed by atoms with E-state index in [1.54, 1.807) is 18.3 Å². The molecule has 0 aliphatic heterocycles. The Kier molecular flexibility index (Phi) is 4.52. The summed E-state index contributed by atoms with van der Waals surface area (Å²) in [6, 6.07) is 14.3. The average molecular weight is 321 g/mol. The second kappa shape index (κ2) is 6.91. The van der Waals surface area contributed by atoms with Gasteiger partial charge in [-0.25, -0.2) is 4.79 Å². The van der Waals surface area contributed by atoms with Gasteiger partial charge in [0, 0.05) is 29.8 Å². The third kappa shape index (κ3) is 3.57. The molecule has 2 aromatic carbocycles. The van der Waals surface area contributed by atoms with E-state index in [0.29, 0.717) is 12.4 Å². The zero-order chi connectivity index (χ0) is 16.9. The average Bonchev–Trinajstić information content (AvgIpc) is 2.61. The lowest BCUT2D eigenvalue weighted by Crippen LogP contribution is -2.12. The summed E-state index contributed by atoms with van der Waals surface area (Å²) in [5, 5.41) is 10.9. The van der Waals surface area contributed by atoms with Gasteiger partial charge >= 0.3 is 5.97 Å². The number of fused-ring (bicyclic) bond motifs is 1. The van der Waals surface area contributed by atoms with Gasteiger partial charge in [0.1, 0.15) is 5.75 Å². The van der Waals surface area contributed by atoms with Crippen LogP contribution < -0.4 is 4.74 Å². The number of Topliss-reactive ketones (excluding diaryl/α,β-unsaturated/α-hetero) is 1. The summed E-state index contributed by atoms with van der Waals surface area (Å²) in [6.45, 7) is 0.484. The molecule has 0 fully saturated rings. The molecule has 1 heterocycles. The van der Waals surface area contributed by atoms with Gasteiger partial charge in [-0.3, -0.25) is 9.78 Å². The molecule has 0 saturated heterocycles. The van der Waals surface area contributed by atoms with E-state index in [-0.39, 0.29) is 5.56 Å². The zero-order valence-corrected chi connectivity index (χ0v) is 12.8. The minimum Gasteiger partial charge on any atom is -0.493 e. The molecule has 5 nitrogen and oxygen atoms in total. The molecule has 0 spiro atoms. The number of hydrogen-bond acceptors (Lipinski definition) is 4. The predicted octanol–water partition coefficient (Wildman–Crippen LogP) is 3.12. The highest BCUT2D eigenvalue weighted by Crippen LogP contribution is 2.16. The van der Waals surface area contributed by atoms with E-state index in [9.17, 15) is 9.59 Å². The van der Waals surface area contributed by atoms with Crippen molar-refractivity contribution in [3.05, 3.63) is 72.1 Å². The van der Waals surface area contributed by atoms with Gasteiger partial charge in [-0.15, -0.1) is 0 Å². The molecular weight excluding hydrogens is 306 g/mol. The number of pyridine rings is 1. The van der Waals surface area contributed by atoms with Crippen LogP contribution in [0.15, 0.2) is 60.9 Å². The lowest BCUT2D eigenvalue weighted by Gasteiger charge is -2.07. The van der Waals surface area contributed by atoms with Crippen LogP contribution in [0.25, 0.3) is 10.8 Å². The number of hydrogen-bond donors (Lipinski definition) is 1. The molecule has 120 valence electrons. The van der Waals surface area contributed by atoms with Gasteiger partial charge in [0.05, 0.1) is 6.61 Å². The van der Waals surface area contributed by atoms with Crippen LogP contribution in [0.1, 0.15) is 15.9 Å². The van der Waals surface area contributed by atoms with E-state index >= 15 is 0 Å². The molecule has 5 heteroatoms. The maximum atomic E-state index is 11.3. The lowest BCUT2D eigenvalue weighted by molar-refractivity contribution is -0.131. The molecule has 0 aliphatic rings. The summed E-state index contributed by atoms with van der Waals surface area (Å²) in [5.74, 6) is -1.79. The molecule has 24 heavy (non-hydrogen) atoms. The van der Waals surface area contributed by atoms with Crippen LogP contribution in [-0.4, -0.2) is 28.4 Å². The van der Waals surface area contributed by atoms with E-state index in [0.717, 1.165) is 22.8 Å². The van der Waals surface area contributed by atoms with Gasteiger partial charge in [0.15, 0.2) is 0 Å². The van der Waals surface area contributed by atoms with Crippen molar-refractivity contribution in [1.29, 1.82) is 0 Å². The third-order valence-electron chi connectivity index (χ3n) is 3.68. The van der Waals surface area contributed by atoms with Gasteiger partial charge in [0.2, 0.25) is 0 Å². The fourth-order valence-corrected chi connectivity index (χ4v) is 2.40. The summed E-state index contributed by atoms with van der Waals surface area (Å²) < 4.78 is 5.64. The highest BCUT2D eigenvalue weighted by molar-refractivity contribution is 6.39. The lowest BCUT2D eigenvalue weighted by atomic mass is 10.1. The number of rotatable bonds is 6. The minimum atomic E-state index is -1.46. The van der Waals surface area contributed by atoms with Crippen molar-refractivity contribution in [3.63, 3.8) is 0 Å². The van der Waals surface area contributed by atoms with Crippen LogP contribution in [-0.2, 0) is 11.2 Å². The van der Waals surface area contributed by atoms with E-state index in [4.69, 9.17) is 9.84 Å². The standard InChI is InChI=1S/C19H15NO4/c21-18(19(22)23)15-3-5-17(6-4-15)24-10-8-13-1-2-14-7-9-20-12-16(14)11-13/h1-7,9,11-12H,8,10H2,(H,22,23). The number of carboxylic acid groups (broad SMARTS) is 1. The monoisotopic (exact) mass is 321 g/mol. The summed E-state index contributed by atoms with van der Waals surface area (Å²) in [7, 11) is 0. The second-order valence-electron chi connectivity index (χ2n) is 5.31. The number of carbonyl (C=O) groups excluding carboxylic acids is 1. The minimum absolute atomic E-state index is 0.136. The number of benzene rings is 2. The summed E-state index contributed by atoms with van der Waals surface area (Å²) in [4.78, 5) is 26.1. The highest BCUT2D eigenvalue weighted by atomic mass is 16.5. The largest absolute Gasteiger partial charge is 0.493 e. The number of aromatic nitrogens is 1. The predicted molar refractivity (Wildman–Crippen MR) is 89.4 cm³/mol. The Morgan fingerprint density at radius 2 is 1.79 bits per heavy atom. The smallest absolute Gasteiger partial charge is 0.377 e. The number of ether oxygens (including phenoxy) is 1. The van der Waals surface area contributed by atoms with Crippen LogP contribution >= 0.6 is 0 Å². The summed E-state index contributed by atoms with van der Waals surface area (Å²) in [6.07, 6.45) is 4.34. The van der Waals surface area contributed by atoms with Crippen LogP contribution in [0.2, 0.25) is 0 Å². The first-order valence-electron chi connectivity index (χ1n) is 7.46. The second-order valence-corrected chi connectivity index (χ2v) is 5.31. The molecule has 0 amide bonds. The van der Waals surface area contributed by atoms with Gasteiger partial charge in [-0.2, -0.15) is 0 Å². The molecule has 0 bridgehead atoms. The number of carbonyl (C=O) groups is 2. The quantitative estimate of drug-likeness (QED) is 0.557. The number of ketones is 1. The van der Waals surface area contributed by atoms with Crippen LogP contribution in [0.4, 0.5) is 0 Å². The topological polar surface area (TPSA) is 76.5 Å². The van der Waals surface area contributed by atoms with Gasteiger partial charge < -0.3 is 9.84 Å². The maximum absolute atomic E-state index is 11.3. The third-order valence-corrected chi connectivity index (χ3v) is 3.68.